The first-order valence-corrected chi connectivity index (χ1v) is 8.74. The zero-order chi connectivity index (χ0) is 19.6. The number of hydrogen-bond acceptors (Lipinski definition) is 3. The molecule has 3 aromatic rings. The molecular formula is C22H22FN3O. The zero-order valence-electron chi connectivity index (χ0n) is 15.9. The average Bonchev–Trinajstić information content (AvgIpc) is 2.63. The van der Waals surface area contributed by atoms with Crippen LogP contribution in [0.5, 0.6) is 0 Å². The second-order valence-corrected chi connectivity index (χ2v) is 7.07. The minimum atomic E-state index is -1.61. The van der Waals surface area contributed by atoms with Crippen molar-refractivity contribution in [1.82, 2.24) is 9.97 Å². The van der Waals surface area contributed by atoms with E-state index in [-0.39, 0.29) is 11.6 Å². The predicted octanol–water partition coefficient (Wildman–Crippen LogP) is 5.22. The number of carbonyl (C=O) groups is 1. The molecule has 2 aromatic heterocycles. The smallest absolute Gasteiger partial charge is 0.255 e. The summed E-state index contributed by atoms with van der Waals surface area (Å²) in [4.78, 5) is 20.9. The van der Waals surface area contributed by atoms with Crippen molar-refractivity contribution in [3.8, 4) is 11.1 Å². The van der Waals surface area contributed by atoms with Gasteiger partial charge in [0.2, 0.25) is 0 Å². The van der Waals surface area contributed by atoms with Crippen molar-refractivity contribution < 1.29 is 9.18 Å². The van der Waals surface area contributed by atoms with Gasteiger partial charge in [-0.2, -0.15) is 0 Å². The Labute approximate surface area is 158 Å². The number of nitrogens with one attached hydrogen (secondary N) is 1. The molecule has 3 rings (SSSR count). The summed E-state index contributed by atoms with van der Waals surface area (Å²) in [5, 5.41) is 2.88. The maximum atomic E-state index is 14.1. The van der Waals surface area contributed by atoms with Crippen molar-refractivity contribution in [1.29, 1.82) is 0 Å². The van der Waals surface area contributed by atoms with Crippen LogP contribution in [-0.2, 0) is 5.67 Å². The van der Waals surface area contributed by atoms with Crippen molar-refractivity contribution in [3.63, 3.8) is 0 Å². The molecule has 0 bridgehead atoms. The van der Waals surface area contributed by atoms with Gasteiger partial charge in [-0.15, -0.1) is 0 Å². The third kappa shape index (κ3) is 4.37. The lowest BCUT2D eigenvalue weighted by Crippen LogP contribution is -2.16. The summed E-state index contributed by atoms with van der Waals surface area (Å²) in [6.45, 7) is 6.78. The molecule has 0 aliphatic carbocycles. The fraction of sp³-hybridized carbons (Fsp3) is 0.227. The highest BCUT2D eigenvalue weighted by atomic mass is 19.1. The van der Waals surface area contributed by atoms with Gasteiger partial charge < -0.3 is 5.32 Å². The van der Waals surface area contributed by atoms with Gasteiger partial charge in [-0.25, -0.2) is 4.39 Å². The first-order valence-electron chi connectivity index (χ1n) is 8.74. The molecule has 0 saturated carbocycles. The molecule has 0 spiro atoms. The number of halogens is 1. The lowest BCUT2D eigenvalue weighted by atomic mass is 10.0. The number of benzene rings is 1. The summed E-state index contributed by atoms with van der Waals surface area (Å²) >= 11 is 0. The van der Waals surface area contributed by atoms with Crippen LogP contribution in [0.4, 0.5) is 10.1 Å². The molecule has 2 heterocycles. The second kappa shape index (κ2) is 7.27. The van der Waals surface area contributed by atoms with Crippen LogP contribution < -0.4 is 5.32 Å². The molecule has 1 N–H and O–H groups in total. The Morgan fingerprint density at radius 2 is 1.81 bits per heavy atom. The minimum absolute atomic E-state index is 0.227. The zero-order valence-corrected chi connectivity index (χ0v) is 15.9. The molecule has 0 saturated heterocycles. The summed E-state index contributed by atoms with van der Waals surface area (Å²) < 4.78 is 14.1. The molecule has 0 unspecified atom stereocenters. The van der Waals surface area contributed by atoms with Gasteiger partial charge >= 0.3 is 0 Å². The first-order chi connectivity index (χ1) is 12.7. The molecule has 0 radical (unpaired) electrons. The van der Waals surface area contributed by atoms with Crippen LogP contribution in [0, 0.1) is 13.8 Å². The molecule has 0 fully saturated rings. The Morgan fingerprint density at radius 3 is 2.48 bits per heavy atom. The largest absolute Gasteiger partial charge is 0.322 e. The van der Waals surface area contributed by atoms with Crippen LogP contribution in [0.25, 0.3) is 11.1 Å². The summed E-state index contributed by atoms with van der Waals surface area (Å²) in [6.07, 6.45) is 3.27. The maximum absolute atomic E-state index is 14.1. The van der Waals surface area contributed by atoms with E-state index in [4.69, 9.17) is 0 Å². The van der Waals surface area contributed by atoms with Gasteiger partial charge in [0.1, 0.15) is 5.67 Å². The molecule has 1 amide bonds. The highest BCUT2D eigenvalue weighted by Crippen LogP contribution is 2.27. The fourth-order valence-corrected chi connectivity index (χ4v) is 2.74. The number of amides is 1. The summed E-state index contributed by atoms with van der Waals surface area (Å²) in [5.41, 5.74) is 3.68. The Balaban J connectivity index is 1.87. The fourth-order valence-electron chi connectivity index (χ4n) is 2.74. The van der Waals surface area contributed by atoms with E-state index in [0.29, 0.717) is 11.3 Å². The van der Waals surface area contributed by atoms with Gasteiger partial charge in [0.15, 0.2) is 0 Å². The molecule has 27 heavy (non-hydrogen) atoms. The SMILES string of the molecule is Cc1ccc(-c2cc(NC(=O)c3ccnc(C(C)(C)F)c3)ccc2C)cn1. The van der Waals surface area contributed by atoms with Crippen molar-refractivity contribution in [2.75, 3.05) is 5.32 Å². The number of aromatic nitrogens is 2. The second-order valence-electron chi connectivity index (χ2n) is 7.07. The van der Waals surface area contributed by atoms with Gasteiger partial charge in [-0.1, -0.05) is 12.1 Å². The van der Waals surface area contributed by atoms with Crippen molar-refractivity contribution >= 4 is 11.6 Å². The van der Waals surface area contributed by atoms with E-state index in [1.165, 1.54) is 26.1 Å². The van der Waals surface area contributed by atoms with Crippen LogP contribution in [0.1, 0.15) is 41.2 Å². The molecule has 5 heteroatoms. The number of anilines is 1. The Morgan fingerprint density at radius 1 is 1.04 bits per heavy atom. The Hall–Kier alpha value is -3.08. The van der Waals surface area contributed by atoms with E-state index >= 15 is 0 Å². The van der Waals surface area contributed by atoms with Crippen molar-refractivity contribution in [2.24, 2.45) is 0 Å². The molecule has 4 nitrogen and oxygen atoms in total. The highest BCUT2D eigenvalue weighted by molar-refractivity contribution is 6.04. The van der Waals surface area contributed by atoms with Crippen molar-refractivity contribution in [2.45, 2.75) is 33.4 Å². The quantitative estimate of drug-likeness (QED) is 0.692. The van der Waals surface area contributed by atoms with Gasteiger partial charge in [0.05, 0.1) is 5.69 Å². The molecule has 0 aliphatic rings. The molecule has 0 atom stereocenters. The Kier molecular flexibility index (Phi) is 5.04. The summed E-state index contributed by atoms with van der Waals surface area (Å²) in [6, 6.07) is 12.7. The lowest BCUT2D eigenvalue weighted by Gasteiger charge is -2.14. The first kappa shape index (κ1) is 18.7. The van der Waals surface area contributed by atoms with Gasteiger partial charge in [0, 0.05) is 34.9 Å². The topological polar surface area (TPSA) is 54.9 Å². The number of pyridine rings is 2. The third-order valence-electron chi connectivity index (χ3n) is 4.35. The maximum Gasteiger partial charge on any atom is 0.255 e. The standard InChI is InChI=1S/C22H22FN3O/c1-14-5-8-18(12-19(14)17-7-6-15(2)25-13-17)26-21(27)16-9-10-24-20(11-16)22(3,4)23/h5-13H,1-4H3,(H,26,27). The van der Waals surface area contributed by atoms with Crippen molar-refractivity contribution in [3.05, 3.63) is 77.4 Å². The highest BCUT2D eigenvalue weighted by Gasteiger charge is 2.21. The number of aryl methyl sites for hydroxylation is 2. The van der Waals surface area contributed by atoms with Crippen LogP contribution in [0.15, 0.2) is 54.9 Å². The van der Waals surface area contributed by atoms with Crippen LogP contribution >= 0.6 is 0 Å². The lowest BCUT2D eigenvalue weighted by molar-refractivity contribution is 0.102. The third-order valence-corrected chi connectivity index (χ3v) is 4.35. The van der Waals surface area contributed by atoms with E-state index in [1.54, 1.807) is 6.07 Å². The minimum Gasteiger partial charge on any atom is -0.322 e. The van der Waals surface area contributed by atoms with E-state index in [0.717, 1.165) is 22.4 Å². The monoisotopic (exact) mass is 363 g/mol. The molecular weight excluding hydrogens is 341 g/mol. The van der Waals surface area contributed by atoms with Crippen LogP contribution in [0.3, 0.4) is 0 Å². The summed E-state index contributed by atoms with van der Waals surface area (Å²) in [7, 11) is 0. The van der Waals surface area contributed by atoms with E-state index in [1.807, 2.05) is 50.4 Å². The molecule has 138 valence electrons. The van der Waals surface area contributed by atoms with Gasteiger partial charge in [-0.3, -0.25) is 14.8 Å². The predicted molar refractivity (Wildman–Crippen MR) is 105 cm³/mol. The normalized spacial score (nSPS) is 11.3. The van der Waals surface area contributed by atoms with Crippen LogP contribution in [0.2, 0.25) is 0 Å². The van der Waals surface area contributed by atoms with E-state index in [9.17, 15) is 9.18 Å². The molecule has 0 aliphatic heterocycles. The number of hydrogen-bond donors (Lipinski definition) is 1. The van der Waals surface area contributed by atoms with Gasteiger partial charge in [0.25, 0.3) is 5.91 Å². The van der Waals surface area contributed by atoms with Gasteiger partial charge in [-0.05, 0) is 69.2 Å². The number of alkyl halides is 1. The number of carbonyl (C=O) groups excluding carboxylic acids is 1. The number of nitrogens with zero attached hydrogens (tertiary/aromatic N) is 2. The Bertz CT molecular complexity index is 976. The average molecular weight is 363 g/mol. The van der Waals surface area contributed by atoms with E-state index < -0.39 is 5.67 Å². The van der Waals surface area contributed by atoms with E-state index in [2.05, 4.69) is 15.3 Å². The van der Waals surface area contributed by atoms with Crippen LogP contribution in [-0.4, -0.2) is 15.9 Å². The molecule has 1 aromatic carbocycles. The summed E-state index contributed by atoms with van der Waals surface area (Å²) in [5.74, 6) is -0.306. The number of rotatable bonds is 4.